The third kappa shape index (κ3) is 6.14. The maximum Gasteiger partial charge on any atom is 0.219 e. The van der Waals surface area contributed by atoms with Crippen LogP contribution in [-0.2, 0) is 4.79 Å². The number of carbonyl (C=O) groups is 1. The van der Waals surface area contributed by atoms with Crippen LogP contribution in [0.5, 0.6) is 0 Å². The summed E-state index contributed by atoms with van der Waals surface area (Å²) in [5.74, 6) is 0.426. The lowest BCUT2D eigenvalue weighted by atomic mass is 9.96. The van der Waals surface area contributed by atoms with Gasteiger partial charge in [-0.2, -0.15) is 0 Å². The number of carbonyl (C=O) groups excluding carboxylic acids is 1. The second kappa shape index (κ2) is 10.5. The van der Waals surface area contributed by atoms with Crippen molar-refractivity contribution >= 4 is 29.1 Å². The van der Waals surface area contributed by atoms with Gasteiger partial charge in [0.25, 0.3) is 0 Å². The first-order valence-corrected chi connectivity index (χ1v) is 10.5. The predicted octanol–water partition coefficient (Wildman–Crippen LogP) is 5.41. The van der Waals surface area contributed by atoms with E-state index in [0.717, 1.165) is 63.8 Å². The van der Waals surface area contributed by atoms with Crippen LogP contribution in [0.4, 0.5) is 0 Å². The summed E-state index contributed by atoms with van der Waals surface area (Å²) >= 11 is 12.1. The van der Waals surface area contributed by atoms with E-state index in [0.29, 0.717) is 16.1 Å². The van der Waals surface area contributed by atoms with Gasteiger partial charge in [0.05, 0.1) is 10.0 Å². The smallest absolute Gasteiger partial charge is 0.219 e. The van der Waals surface area contributed by atoms with Crippen molar-refractivity contribution in [1.82, 2.24) is 9.80 Å². The molecule has 5 heteroatoms. The molecule has 0 aliphatic carbocycles. The van der Waals surface area contributed by atoms with Crippen molar-refractivity contribution in [2.45, 2.75) is 57.9 Å². The Bertz CT molecular complexity index is 585. The minimum atomic E-state index is 0.209. The van der Waals surface area contributed by atoms with Crippen molar-refractivity contribution in [2.24, 2.45) is 0 Å². The molecular weight excluding hydrogens is 367 g/mol. The molecule has 1 unspecified atom stereocenters. The number of nitrogens with zero attached hydrogens (tertiary/aromatic N) is 2. The maximum absolute atomic E-state index is 11.9. The van der Waals surface area contributed by atoms with E-state index in [1.165, 1.54) is 0 Å². The van der Waals surface area contributed by atoms with Crippen molar-refractivity contribution in [2.75, 3.05) is 26.2 Å². The maximum atomic E-state index is 11.9. The van der Waals surface area contributed by atoms with Crippen molar-refractivity contribution in [1.29, 1.82) is 0 Å². The van der Waals surface area contributed by atoms with Crippen LogP contribution in [0.15, 0.2) is 18.2 Å². The fourth-order valence-corrected chi connectivity index (χ4v) is 3.96. The van der Waals surface area contributed by atoms with Gasteiger partial charge in [0.2, 0.25) is 5.91 Å². The zero-order valence-corrected chi connectivity index (χ0v) is 17.5. The van der Waals surface area contributed by atoms with Gasteiger partial charge in [0, 0.05) is 32.6 Å². The quantitative estimate of drug-likeness (QED) is 0.584. The zero-order chi connectivity index (χ0) is 19.1. The summed E-state index contributed by atoms with van der Waals surface area (Å²) in [5.41, 5.74) is 1.14. The summed E-state index contributed by atoms with van der Waals surface area (Å²) in [4.78, 5) is 16.5. The van der Waals surface area contributed by atoms with Crippen molar-refractivity contribution in [3.8, 4) is 0 Å². The molecule has 1 aliphatic rings. The highest BCUT2D eigenvalue weighted by molar-refractivity contribution is 6.42. The highest BCUT2D eigenvalue weighted by Crippen LogP contribution is 2.28. The average Bonchev–Trinajstić information content (AvgIpc) is 2.63. The van der Waals surface area contributed by atoms with Crippen LogP contribution < -0.4 is 0 Å². The molecule has 2 rings (SSSR count). The van der Waals surface area contributed by atoms with Crippen LogP contribution >= 0.6 is 23.2 Å². The lowest BCUT2D eigenvalue weighted by molar-refractivity contribution is -0.132. The molecule has 0 bridgehead atoms. The molecule has 1 amide bonds. The Morgan fingerprint density at radius 1 is 1.31 bits per heavy atom. The molecule has 1 saturated heterocycles. The third-order valence-electron chi connectivity index (χ3n) is 5.36. The second-order valence-corrected chi connectivity index (χ2v) is 8.11. The van der Waals surface area contributed by atoms with Gasteiger partial charge in [-0.1, -0.05) is 42.6 Å². The lowest BCUT2D eigenvalue weighted by Gasteiger charge is -2.38. The SMILES string of the molecule is [CH2]C(CCN1CCC(N(CCCC)C(C)=O)CC1)c1ccc(Cl)c(Cl)c1. The summed E-state index contributed by atoms with van der Waals surface area (Å²) in [5, 5.41) is 1.18. The molecule has 0 saturated carbocycles. The second-order valence-electron chi connectivity index (χ2n) is 7.30. The zero-order valence-electron chi connectivity index (χ0n) is 16.0. The average molecular weight is 398 g/mol. The number of likely N-dealkylation sites (tertiary alicyclic amines) is 1. The molecule has 1 atom stereocenters. The summed E-state index contributed by atoms with van der Waals surface area (Å²) in [6, 6.07) is 6.18. The van der Waals surface area contributed by atoms with Crippen LogP contribution in [-0.4, -0.2) is 47.9 Å². The number of halogens is 2. The molecule has 0 aromatic heterocycles. The van der Waals surface area contributed by atoms with Gasteiger partial charge in [-0.25, -0.2) is 0 Å². The number of unbranched alkanes of at least 4 members (excludes halogenated alkanes) is 1. The molecule has 1 aromatic rings. The van der Waals surface area contributed by atoms with E-state index in [-0.39, 0.29) is 11.8 Å². The Hall–Kier alpha value is -0.770. The van der Waals surface area contributed by atoms with Gasteiger partial charge in [-0.15, -0.1) is 0 Å². The molecule has 0 N–H and O–H groups in total. The lowest BCUT2D eigenvalue weighted by Crippen LogP contribution is -2.47. The van der Waals surface area contributed by atoms with E-state index in [1.807, 2.05) is 18.2 Å². The predicted molar refractivity (Wildman–Crippen MR) is 111 cm³/mol. The standard InChI is InChI=1S/C21H31Cl2N2O/c1-4-5-11-25(17(3)26)19-9-13-24(14-10-19)12-8-16(2)18-6-7-20(22)21(23)15-18/h6-7,15-16,19H,2,4-5,8-14H2,1,3H3. The normalized spacial score (nSPS) is 17.3. The molecule has 1 aliphatic heterocycles. The van der Waals surface area contributed by atoms with E-state index in [9.17, 15) is 4.79 Å². The first kappa shape index (κ1) is 21.5. The minimum Gasteiger partial charge on any atom is -0.340 e. The number of piperidine rings is 1. The molecule has 145 valence electrons. The fraction of sp³-hybridized carbons (Fsp3) is 0.619. The number of benzene rings is 1. The molecule has 1 radical (unpaired) electrons. The molecule has 1 heterocycles. The van der Waals surface area contributed by atoms with Crippen LogP contribution in [0.3, 0.4) is 0 Å². The van der Waals surface area contributed by atoms with E-state index in [4.69, 9.17) is 23.2 Å². The molecule has 26 heavy (non-hydrogen) atoms. The fourth-order valence-electron chi connectivity index (χ4n) is 3.65. The third-order valence-corrected chi connectivity index (χ3v) is 6.10. The van der Waals surface area contributed by atoms with Crippen LogP contribution in [0, 0.1) is 6.92 Å². The summed E-state index contributed by atoms with van der Waals surface area (Å²) in [6.45, 7) is 12.2. The Balaban J connectivity index is 1.79. The Kier molecular flexibility index (Phi) is 8.72. The largest absolute Gasteiger partial charge is 0.340 e. The van der Waals surface area contributed by atoms with Crippen LogP contribution in [0.1, 0.15) is 57.4 Å². The highest BCUT2D eigenvalue weighted by atomic mass is 35.5. The number of rotatable bonds is 8. The summed E-state index contributed by atoms with van der Waals surface area (Å²) in [7, 11) is 0. The topological polar surface area (TPSA) is 23.6 Å². The van der Waals surface area contributed by atoms with E-state index < -0.39 is 0 Å². The highest BCUT2D eigenvalue weighted by Gasteiger charge is 2.26. The van der Waals surface area contributed by atoms with Gasteiger partial charge >= 0.3 is 0 Å². The van der Waals surface area contributed by atoms with Crippen LogP contribution in [0.2, 0.25) is 10.0 Å². The van der Waals surface area contributed by atoms with E-state index in [1.54, 1.807) is 6.92 Å². The molecule has 1 aromatic carbocycles. The first-order chi connectivity index (χ1) is 12.4. The molecule has 1 fully saturated rings. The van der Waals surface area contributed by atoms with Gasteiger partial charge in [-0.05, 0) is 62.8 Å². The number of hydrogen-bond acceptors (Lipinski definition) is 2. The first-order valence-electron chi connectivity index (χ1n) is 9.70. The van der Waals surface area contributed by atoms with E-state index >= 15 is 0 Å². The van der Waals surface area contributed by atoms with Crippen molar-refractivity contribution in [3.05, 3.63) is 40.7 Å². The van der Waals surface area contributed by atoms with Gasteiger partial charge in [0.1, 0.15) is 0 Å². The summed E-state index contributed by atoms with van der Waals surface area (Å²) < 4.78 is 0. The Labute approximate surface area is 168 Å². The van der Waals surface area contributed by atoms with Crippen molar-refractivity contribution < 1.29 is 4.79 Å². The molecule has 3 nitrogen and oxygen atoms in total. The molecule has 0 spiro atoms. The monoisotopic (exact) mass is 397 g/mol. The van der Waals surface area contributed by atoms with Gasteiger partial charge < -0.3 is 9.80 Å². The minimum absolute atomic E-state index is 0.209. The number of hydrogen-bond donors (Lipinski definition) is 0. The van der Waals surface area contributed by atoms with Gasteiger partial charge in [0.15, 0.2) is 0 Å². The van der Waals surface area contributed by atoms with Gasteiger partial charge in [-0.3, -0.25) is 4.79 Å². The van der Waals surface area contributed by atoms with E-state index in [2.05, 4.69) is 23.6 Å². The van der Waals surface area contributed by atoms with Crippen molar-refractivity contribution in [3.63, 3.8) is 0 Å². The van der Waals surface area contributed by atoms with Crippen LogP contribution in [0.25, 0.3) is 0 Å². The molecular formula is C21H31Cl2N2O. The Morgan fingerprint density at radius 3 is 2.58 bits per heavy atom. The number of amides is 1. The summed E-state index contributed by atoms with van der Waals surface area (Å²) in [6.07, 6.45) is 5.35. The Morgan fingerprint density at radius 2 is 2.00 bits per heavy atom.